The second kappa shape index (κ2) is 8.30. The van der Waals surface area contributed by atoms with Crippen molar-refractivity contribution in [2.24, 2.45) is 5.92 Å². The number of H-pyrrole nitrogens is 2. The van der Waals surface area contributed by atoms with Gasteiger partial charge in [0, 0.05) is 25.7 Å². The summed E-state index contributed by atoms with van der Waals surface area (Å²) >= 11 is 6.42. The van der Waals surface area contributed by atoms with Crippen LogP contribution in [0.1, 0.15) is 72.4 Å². The van der Waals surface area contributed by atoms with Gasteiger partial charge in [0.05, 0.1) is 28.5 Å². The van der Waals surface area contributed by atoms with Crippen molar-refractivity contribution in [1.29, 1.82) is 0 Å². The highest BCUT2D eigenvalue weighted by Gasteiger charge is 2.38. The number of carbonyl (C=O) groups excluding carboxylic acids is 2. The van der Waals surface area contributed by atoms with E-state index in [1.54, 1.807) is 0 Å². The molecule has 2 fully saturated rings. The highest BCUT2D eigenvalue weighted by Crippen LogP contribution is 2.35. The molecule has 2 aliphatic carbocycles. The van der Waals surface area contributed by atoms with Gasteiger partial charge in [-0.1, -0.05) is 18.5 Å². The van der Waals surface area contributed by atoms with Crippen molar-refractivity contribution in [3.8, 4) is 0 Å². The molecule has 2 N–H and O–H groups in total. The normalized spacial score (nSPS) is 21.4. The molecule has 2 aromatic rings. The summed E-state index contributed by atoms with van der Waals surface area (Å²) in [4.78, 5) is 30.4. The smallest absolute Gasteiger partial charge is 0.276 e. The maximum Gasteiger partial charge on any atom is 0.276 e. The van der Waals surface area contributed by atoms with Crippen LogP contribution in [-0.2, 0) is 17.6 Å². The van der Waals surface area contributed by atoms with Crippen molar-refractivity contribution in [3.05, 3.63) is 33.9 Å². The number of aromatic nitrogens is 4. The first-order valence-corrected chi connectivity index (χ1v) is 11.8. The van der Waals surface area contributed by atoms with Gasteiger partial charge in [-0.2, -0.15) is 10.2 Å². The van der Waals surface area contributed by atoms with Crippen molar-refractivity contribution in [3.63, 3.8) is 0 Å². The lowest BCUT2D eigenvalue weighted by molar-refractivity contribution is -0.134. The largest absolute Gasteiger partial charge is 0.342 e. The number of fused-ring (bicyclic) bond motifs is 1. The maximum absolute atomic E-state index is 13.4. The number of aromatic amines is 2. The number of hydrogen-bond acceptors (Lipinski definition) is 4. The van der Waals surface area contributed by atoms with Crippen molar-refractivity contribution in [2.45, 2.75) is 63.8 Å². The van der Waals surface area contributed by atoms with E-state index in [1.165, 1.54) is 12.8 Å². The Kier molecular flexibility index (Phi) is 5.50. The highest BCUT2D eigenvalue weighted by atomic mass is 35.5. The van der Waals surface area contributed by atoms with Crippen LogP contribution in [0.25, 0.3) is 0 Å². The summed E-state index contributed by atoms with van der Waals surface area (Å²) in [5.74, 6) is 0.567. The Balaban J connectivity index is 1.26. The third kappa shape index (κ3) is 3.86. The van der Waals surface area contributed by atoms with Gasteiger partial charge >= 0.3 is 0 Å². The van der Waals surface area contributed by atoms with Crippen LogP contribution in [0.3, 0.4) is 0 Å². The number of amides is 2. The molecule has 31 heavy (non-hydrogen) atoms. The predicted molar refractivity (Wildman–Crippen MR) is 116 cm³/mol. The molecule has 3 heterocycles. The number of carbonyl (C=O) groups is 2. The Morgan fingerprint density at radius 2 is 1.97 bits per heavy atom. The number of aryl methyl sites for hydroxylation is 2. The summed E-state index contributed by atoms with van der Waals surface area (Å²) in [5, 5.41) is 14.7. The Morgan fingerprint density at radius 3 is 2.65 bits per heavy atom. The molecule has 0 radical (unpaired) electrons. The number of rotatable bonds is 6. The lowest BCUT2D eigenvalue weighted by Gasteiger charge is -2.39. The maximum atomic E-state index is 13.4. The van der Waals surface area contributed by atoms with Crippen LogP contribution in [-0.4, -0.2) is 67.7 Å². The van der Waals surface area contributed by atoms with Crippen LogP contribution < -0.4 is 0 Å². The van der Waals surface area contributed by atoms with E-state index in [0.29, 0.717) is 36.1 Å². The zero-order valence-corrected chi connectivity index (χ0v) is 18.6. The molecule has 2 aromatic heterocycles. The molecule has 1 aliphatic heterocycles. The Hall–Kier alpha value is -2.35. The molecule has 0 bridgehead atoms. The van der Waals surface area contributed by atoms with Crippen molar-refractivity contribution < 1.29 is 9.59 Å². The van der Waals surface area contributed by atoms with E-state index in [4.69, 9.17) is 11.6 Å². The van der Waals surface area contributed by atoms with Crippen LogP contribution in [0.15, 0.2) is 6.20 Å². The van der Waals surface area contributed by atoms with E-state index in [-0.39, 0.29) is 23.8 Å². The number of piperidine rings is 1. The van der Waals surface area contributed by atoms with Crippen molar-refractivity contribution in [2.75, 3.05) is 19.6 Å². The van der Waals surface area contributed by atoms with Crippen LogP contribution in [0.2, 0.25) is 5.02 Å². The van der Waals surface area contributed by atoms with Gasteiger partial charge in [0.2, 0.25) is 5.91 Å². The van der Waals surface area contributed by atoms with Gasteiger partial charge in [0.1, 0.15) is 0 Å². The molecule has 3 aliphatic rings. The second-order valence-electron chi connectivity index (χ2n) is 9.08. The zero-order valence-electron chi connectivity index (χ0n) is 17.9. The standard InChI is InChI=1S/C22H29ClN6O2/c1-2-17-18(23)20(27-25-17)22(31)29(12-13-3-4-13)15-7-9-28(10-8-15)21(30)16-6-5-14-11-24-26-19(14)16/h11,13,15-16H,2-10,12H2,1H3,(H,24,26)(H,25,27). The first-order chi connectivity index (χ1) is 15.1. The first-order valence-electron chi connectivity index (χ1n) is 11.4. The minimum atomic E-state index is -0.103. The molecule has 166 valence electrons. The Morgan fingerprint density at radius 1 is 1.19 bits per heavy atom. The average Bonchev–Trinajstić information content (AvgIpc) is 3.16. The number of hydrogen-bond donors (Lipinski definition) is 2. The van der Waals surface area contributed by atoms with E-state index in [0.717, 1.165) is 49.2 Å². The molecule has 1 saturated carbocycles. The summed E-state index contributed by atoms with van der Waals surface area (Å²) in [7, 11) is 0. The van der Waals surface area contributed by atoms with E-state index in [9.17, 15) is 9.59 Å². The number of nitrogens with zero attached hydrogens (tertiary/aromatic N) is 4. The molecular weight excluding hydrogens is 416 g/mol. The molecule has 1 atom stereocenters. The third-order valence-electron chi connectivity index (χ3n) is 7.06. The lowest BCUT2D eigenvalue weighted by atomic mass is 9.99. The van der Waals surface area contributed by atoms with E-state index in [1.807, 2.05) is 22.9 Å². The van der Waals surface area contributed by atoms with Crippen molar-refractivity contribution in [1.82, 2.24) is 30.2 Å². The Bertz CT molecular complexity index is 973. The van der Waals surface area contributed by atoms with E-state index in [2.05, 4.69) is 20.4 Å². The highest BCUT2D eigenvalue weighted by molar-refractivity contribution is 6.34. The van der Waals surface area contributed by atoms with Gasteiger partial charge in [0.15, 0.2) is 5.69 Å². The van der Waals surface area contributed by atoms with Crippen molar-refractivity contribution >= 4 is 23.4 Å². The zero-order chi connectivity index (χ0) is 21.5. The minimum Gasteiger partial charge on any atom is -0.342 e. The molecule has 8 nitrogen and oxygen atoms in total. The summed E-state index contributed by atoms with van der Waals surface area (Å²) < 4.78 is 0. The Labute approximate surface area is 186 Å². The monoisotopic (exact) mass is 444 g/mol. The molecule has 0 aromatic carbocycles. The quantitative estimate of drug-likeness (QED) is 0.715. The van der Waals surface area contributed by atoms with E-state index < -0.39 is 0 Å². The van der Waals surface area contributed by atoms with Crippen LogP contribution >= 0.6 is 11.6 Å². The van der Waals surface area contributed by atoms with Gasteiger partial charge < -0.3 is 9.80 Å². The SMILES string of the molecule is CCc1[nH]nc(C(=O)N(CC2CC2)C2CCN(C(=O)C3CCc4cn[nH]c43)CC2)c1Cl. The van der Waals surface area contributed by atoms with Gasteiger partial charge in [0.25, 0.3) is 5.91 Å². The number of likely N-dealkylation sites (tertiary alicyclic amines) is 1. The third-order valence-corrected chi connectivity index (χ3v) is 7.47. The fourth-order valence-corrected chi connectivity index (χ4v) is 5.28. The molecule has 1 unspecified atom stereocenters. The average molecular weight is 445 g/mol. The fourth-order valence-electron chi connectivity index (χ4n) is 4.98. The molecule has 0 spiro atoms. The molecule has 1 saturated heterocycles. The minimum absolute atomic E-state index is 0.0875. The van der Waals surface area contributed by atoms with Gasteiger partial charge in [-0.25, -0.2) is 0 Å². The first kappa shape index (κ1) is 20.5. The topological polar surface area (TPSA) is 98.0 Å². The van der Waals surface area contributed by atoms with Crippen LogP contribution in [0.5, 0.6) is 0 Å². The van der Waals surface area contributed by atoms with Gasteiger partial charge in [-0.05, 0) is 56.4 Å². The number of nitrogens with one attached hydrogen (secondary N) is 2. The summed E-state index contributed by atoms with van der Waals surface area (Å²) in [6, 6.07) is 0.112. The summed E-state index contributed by atoms with van der Waals surface area (Å²) in [5.41, 5.74) is 3.27. The van der Waals surface area contributed by atoms with E-state index >= 15 is 0 Å². The predicted octanol–water partition coefficient (Wildman–Crippen LogP) is 2.92. The van der Waals surface area contributed by atoms with Gasteiger partial charge in [-0.15, -0.1) is 0 Å². The lowest BCUT2D eigenvalue weighted by Crippen LogP contribution is -2.50. The fraction of sp³-hybridized carbons (Fsp3) is 0.636. The summed E-state index contributed by atoms with van der Waals surface area (Å²) in [6.07, 6.45) is 8.22. The number of halogens is 1. The summed E-state index contributed by atoms with van der Waals surface area (Å²) in [6.45, 7) is 4.08. The molecular formula is C22H29ClN6O2. The van der Waals surface area contributed by atoms with Crippen LogP contribution in [0, 0.1) is 5.92 Å². The molecule has 2 amide bonds. The van der Waals surface area contributed by atoms with Gasteiger partial charge in [-0.3, -0.25) is 19.8 Å². The second-order valence-corrected chi connectivity index (χ2v) is 9.45. The van der Waals surface area contributed by atoms with Crippen LogP contribution in [0.4, 0.5) is 0 Å². The molecule has 9 heteroatoms. The molecule has 5 rings (SSSR count).